The van der Waals surface area contributed by atoms with Crippen molar-refractivity contribution in [2.75, 3.05) is 28.4 Å². The van der Waals surface area contributed by atoms with E-state index in [0.29, 0.717) is 28.1 Å². The van der Waals surface area contributed by atoms with E-state index < -0.39 is 0 Å². The van der Waals surface area contributed by atoms with Gasteiger partial charge in [-0.3, -0.25) is 0 Å². The minimum atomic E-state index is 0.633. The fourth-order valence-electron chi connectivity index (χ4n) is 2.80. The van der Waals surface area contributed by atoms with Gasteiger partial charge in [-0.25, -0.2) is 9.98 Å². The largest absolute Gasteiger partial charge is 0.496 e. The average Bonchev–Trinajstić information content (AvgIpc) is 3.09. The van der Waals surface area contributed by atoms with Crippen LogP contribution < -0.4 is 18.9 Å². The highest BCUT2D eigenvalue weighted by Crippen LogP contribution is 2.45. The van der Waals surface area contributed by atoms with E-state index in [9.17, 15) is 0 Å². The maximum Gasteiger partial charge on any atom is 0.209 e. The van der Waals surface area contributed by atoms with Crippen LogP contribution in [0.4, 0.5) is 5.13 Å². The Morgan fingerprint density at radius 2 is 1.58 bits per heavy atom. The highest BCUT2D eigenvalue weighted by molar-refractivity contribution is 7.13. The minimum absolute atomic E-state index is 0.633. The number of aryl methyl sites for hydroxylation is 1. The Morgan fingerprint density at radius 3 is 2.12 bits per heavy atom. The number of methoxy groups -OCH3 is 4. The molecular formula is C19H20N2O4S. The summed E-state index contributed by atoms with van der Waals surface area (Å²) in [6.07, 6.45) is 1.72. The van der Waals surface area contributed by atoms with E-state index in [1.807, 2.05) is 30.5 Å². The summed E-state index contributed by atoms with van der Waals surface area (Å²) < 4.78 is 22.3. The molecule has 3 rings (SSSR count). The Balaban J connectivity index is 2.28. The van der Waals surface area contributed by atoms with E-state index in [2.05, 4.69) is 9.98 Å². The Hall–Kier alpha value is -2.80. The number of hydrogen-bond donors (Lipinski definition) is 0. The van der Waals surface area contributed by atoms with Crippen molar-refractivity contribution in [3.05, 3.63) is 34.8 Å². The van der Waals surface area contributed by atoms with Crippen molar-refractivity contribution in [2.45, 2.75) is 6.92 Å². The fourth-order valence-corrected chi connectivity index (χ4v) is 3.44. The third-order valence-corrected chi connectivity index (χ3v) is 4.80. The van der Waals surface area contributed by atoms with Crippen molar-refractivity contribution in [3.63, 3.8) is 0 Å². The number of thiazole rings is 1. The standard InChI is InChI=1S/C19H20N2O4S/c1-11-10-26-19(21-11)20-9-12-8-15(24-4)16-13(22-2)6-7-14(23-3)17(16)18(12)25-5/h6-10H,1-5H3. The van der Waals surface area contributed by atoms with Gasteiger partial charge in [0.05, 0.1) is 44.9 Å². The second-order valence-electron chi connectivity index (χ2n) is 5.45. The van der Waals surface area contributed by atoms with Gasteiger partial charge in [0.1, 0.15) is 23.0 Å². The molecule has 1 aromatic heterocycles. The van der Waals surface area contributed by atoms with Gasteiger partial charge in [-0.1, -0.05) is 0 Å². The molecule has 0 unspecified atom stereocenters. The van der Waals surface area contributed by atoms with Crippen LogP contribution in [0.25, 0.3) is 10.8 Å². The molecule has 0 aliphatic carbocycles. The lowest BCUT2D eigenvalue weighted by atomic mass is 10.0. The van der Waals surface area contributed by atoms with Gasteiger partial charge in [0, 0.05) is 17.2 Å². The Bertz CT molecular complexity index is 966. The maximum absolute atomic E-state index is 5.69. The van der Waals surface area contributed by atoms with Crippen LogP contribution in [0.1, 0.15) is 11.3 Å². The molecule has 2 aromatic carbocycles. The van der Waals surface area contributed by atoms with Gasteiger partial charge in [-0.05, 0) is 25.1 Å². The predicted molar refractivity (Wildman–Crippen MR) is 104 cm³/mol. The molecule has 0 aliphatic heterocycles. The first kappa shape index (κ1) is 18.0. The summed E-state index contributed by atoms with van der Waals surface area (Å²) in [6, 6.07) is 5.55. The number of benzene rings is 2. The number of aromatic nitrogens is 1. The first-order chi connectivity index (χ1) is 12.6. The molecule has 0 atom stereocenters. The molecule has 0 amide bonds. The molecule has 0 N–H and O–H groups in total. The molecule has 0 bridgehead atoms. The van der Waals surface area contributed by atoms with E-state index in [4.69, 9.17) is 18.9 Å². The summed E-state index contributed by atoms with van der Waals surface area (Å²) in [4.78, 5) is 8.81. The van der Waals surface area contributed by atoms with Crippen molar-refractivity contribution in [1.82, 2.24) is 4.98 Å². The SMILES string of the molecule is COc1ccc(OC)c2c(OC)c(C=Nc3nc(C)cs3)cc(OC)c12. The van der Waals surface area contributed by atoms with E-state index in [0.717, 1.165) is 22.0 Å². The Morgan fingerprint density at radius 1 is 0.923 bits per heavy atom. The van der Waals surface area contributed by atoms with Crippen LogP contribution in [0, 0.1) is 6.92 Å². The van der Waals surface area contributed by atoms with Crippen molar-refractivity contribution in [1.29, 1.82) is 0 Å². The number of hydrogen-bond acceptors (Lipinski definition) is 7. The zero-order chi connectivity index (χ0) is 18.7. The molecule has 3 aromatic rings. The van der Waals surface area contributed by atoms with Gasteiger partial charge in [-0.15, -0.1) is 11.3 Å². The Labute approximate surface area is 156 Å². The molecule has 136 valence electrons. The highest BCUT2D eigenvalue weighted by atomic mass is 32.1. The van der Waals surface area contributed by atoms with Crippen molar-refractivity contribution >= 4 is 33.5 Å². The third kappa shape index (κ3) is 3.17. The molecular weight excluding hydrogens is 352 g/mol. The summed E-state index contributed by atoms with van der Waals surface area (Å²) in [6.45, 7) is 1.94. The quantitative estimate of drug-likeness (QED) is 0.601. The molecule has 1 heterocycles. The molecule has 7 heteroatoms. The summed E-state index contributed by atoms with van der Waals surface area (Å²) in [5, 5.41) is 4.19. The number of nitrogens with zero attached hydrogens (tertiary/aromatic N) is 2. The van der Waals surface area contributed by atoms with Crippen LogP contribution in [0.15, 0.2) is 28.6 Å². The van der Waals surface area contributed by atoms with E-state index >= 15 is 0 Å². The lowest BCUT2D eigenvalue weighted by molar-refractivity contribution is 0.392. The lowest BCUT2D eigenvalue weighted by Crippen LogP contribution is -1.99. The number of rotatable bonds is 6. The fraction of sp³-hybridized carbons (Fsp3) is 0.263. The van der Waals surface area contributed by atoms with Gasteiger partial charge < -0.3 is 18.9 Å². The number of fused-ring (bicyclic) bond motifs is 1. The first-order valence-electron chi connectivity index (χ1n) is 7.88. The van der Waals surface area contributed by atoms with Gasteiger partial charge in [0.15, 0.2) is 0 Å². The van der Waals surface area contributed by atoms with Gasteiger partial charge in [-0.2, -0.15) is 0 Å². The number of ether oxygens (including phenoxy) is 4. The predicted octanol–water partition coefficient (Wildman–Crippen LogP) is 4.39. The summed E-state index contributed by atoms with van der Waals surface area (Å²) in [5.74, 6) is 2.62. The molecule has 26 heavy (non-hydrogen) atoms. The van der Waals surface area contributed by atoms with E-state index in [1.54, 1.807) is 34.7 Å². The molecule has 0 saturated carbocycles. The van der Waals surface area contributed by atoms with Crippen LogP contribution in [0.5, 0.6) is 23.0 Å². The van der Waals surface area contributed by atoms with Crippen LogP contribution in [-0.4, -0.2) is 39.6 Å². The van der Waals surface area contributed by atoms with Gasteiger partial charge in [0.2, 0.25) is 5.13 Å². The molecule has 0 radical (unpaired) electrons. The third-order valence-electron chi connectivity index (χ3n) is 3.94. The van der Waals surface area contributed by atoms with Crippen LogP contribution in [0.3, 0.4) is 0 Å². The smallest absolute Gasteiger partial charge is 0.209 e. The number of aliphatic imine (C=N–C) groups is 1. The summed E-state index contributed by atoms with van der Waals surface area (Å²) >= 11 is 1.48. The lowest BCUT2D eigenvalue weighted by Gasteiger charge is -2.17. The molecule has 0 spiro atoms. The van der Waals surface area contributed by atoms with E-state index in [-0.39, 0.29) is 0 Å². The van der Waals surface area contributed by atoms with Crippen molar-refractivity contribution in [2.24, 2.45) is 4.99 Å². The molecule has 0 fully saturated rings. The van der Waals surface area contributed by atoms with E-state index in [1.165, 1.54) is 11.3 Å². The normalized spacial score (nSPS) is 11.1. The van der Waals surface area contributed by atoms with Gasteiger partial charge in [0.25, 0.3) is 0 Å². The zero-order valence-electron chi connectivity index (χ0n) is 15.3. The topological polar surface area (TPSA) is 62.2 Å². The maximum atomic E-state index is 5.69. The molecule has 0 aliphatic rings. The summed E-state index contributed by atoms with van der Waals surface area (Å²) in [7, 11) is 6.47. The zero-order valence-corrected chi connectivity index (χ0v) is 16.1. The summed E-state index contributed by atoms with van der Waals surface area (Å²) in [5.41, 5.74) is 1.70. The van der Waals surface area contributed by atoms with Crippen LogP contribution in [0.2, 0.25) is 0 Å². The van der Waals surface area contributed by atoms with Gasteiger partial charge >= 0.3 is 0 Å². The Kier molecular flexibility index (Phi) is 5.27. The van der Waals surface area contributed by atoms with Crippen LogP contribution >= 0.6 is 11.3 Å². The monoisotopic (exact) mass is 372 g/mol. The van der Waals surface area contributed by atoms with Crippen LogP contribution in [-0.2, 0) is 0 Å². The molecule has 0 saturated heterocycles. The van der Waals surface area contributed by atoms with Crippen molar-refractivity contribution < 1.29 is 18.9 Å². The second-order valence-corrected chi connectivity index (χ2v) is 6.29. The average molecular weight is 372 g/mol. The first-order valence-corrected chi connectivity index (χ1v) is 8.76. The van der Waals surface area contributed by atoms with Crippen molar-refractivity contribution in [3.8, 4) is 23.0 Å². The second kappa shape index (κ2) is 7.61. The molecule has 6 nitrogen and oxygen atoms in total. The minimum Gasteiger partial charge on any atom is -0.496 e. The highest BCUT2D eigenvalue weighted by Gasteiger charge is 2.20.